The number of nitrogens with zero attached hydrogens (tertiary/aromatic N) is 2. The molecule has 0 fully saturated rings. The second kappa shape index (κ2) is 6.11. The van der Waals surface area contributed by atoms with Crippen LogP contribution >= 0.6 is 22.9 Å². The molecule has 0 radical (unpaired) electrons. The van der Waals surface area contributed by atoms with Gasteiger partial charge in [0.2, 0.25) is 5.91 Å². The topological polar surface area (TPSA) is 46.4 Å². The standard InChI is InChI=1S/C15H12ClN3OS/c16-11-3-5-14-18-12(10-19(14)9-11)8-17-15(20)6-4-13-2-1-7-21-13/h1-7,9-10H,8H2,(H,17,20)/b6-4+. The Morgan fingerprint density at radius 3 is 3.10 bits per heavy atom. The molecular weight excluding hydrogens is 306 g/mol. The maximum absolute atomic E-state index is 11.7. The zero-order valence-electron chi connectivity index (χ0n) is 11.0. The number of pyridine rings is 1. The highest BCUT2D eigenvalue weighted by Gasteiger charge is 2.03. The number of imidazole rings is 1. The Morgan fingerprint density at radius 2 is 2.29 bits per heavy atom. The predicted octanol–water partition coefficient (Wildman–Crippen LogP) is 3.38. The molecule has 0 unspecified atom stereocenters. The van der Waals surface area contributed by atoms with Gasteiger partial charge in [-0.15, -0.1) is 11.3 Å². The molecule has 0 saturated heterocycles. The van der Waals surface area contributed by atoms with Crippen LogP contribution in [0.4, 0.5) is 0 Å². The molecule has 6 heteroatoms. The van der Waals surface area contributed by atoms with Crippen molar-refractivity contribution in [2.45, 2.75) is 6.54 Å². The van der Waals surface area contributed by atoms with Crippen molar-refractivity contribution in [3.05, 3.63) is 63.7 Å². The van der Waals surface area contributed by atoms with E-state index in [1.165, 1.54) is 6.08 Å². The number of carbonyl (C=O) groups is 1. The normalized spacial score (nSPS) is 11.3. The lowest BCUT2D eigenvalue weighted by Crippen LogP contribution is -2.20. The van der Waals surface area contributed by atoms with E-state index in [0.717, 1.165) is 16.2 Å². The monoisotopic (exact) mass is 317 g/mol. The van der Waals surface area contributed by atoms with Gasteiger partial charge in [0, 0.05) is 23.3 Å². The maximum Gasteiger partial charge on any atom is 0.244 e. The molecule has 0 saturated carbocycles. The lowest BCUT2D eigenvalue weighted by molar-refractivity contribution is -0.116. The van der Waals surface area contributed by atoms with E-state index in [-0.39, 0.29) is 5.91 Å². The summed E-state index contributed by atoms with van der Waals surface area (Å²) in [6.07, 6.45) is 6.96. The SMILES string of the molecule is O=C(/C=C/c1cccs1)NCc1cn2cc(Cl)ccc2n1. The van der Waals surface area contributed by atoms with Crippen molar-refractivity contribution in [2.24, 2.45) is 0 Å². The first-order valence-electron chi connectivity index (χ1n) is 6.33. The van der Waals surface area contributed by atoms with Crippen LogP contribution in [0.2, 0.25) is 5.02 Å². The molecule has 3 rings (SSSR count). The number of carbonyl (C=O) groups excluding carboxylic acids is 1. The van der Waals surface area contributed by atoms with Crippen molar-refractivity contribution in [1.29, 1.82) is 0 Å². The van der Waals surface area contributed by atoms with Crippen LogP contribution in [0.5, 0.6) is 0 Å². The summed E-state index contributed by atoms with van der Waals surface area (Å²) in [7, 11) is 0. The fraction of sp³-hybridized carbons (Fsp3) is 0.0667. The van der Waals surface area contributed by atoms with Gasteiger partial charge >= 0.3 is 0 Å². The number of hydrogen-bond donors (Lipinski definition) is 1. The van der Waals surface area contributed by atoms with E-state index in [1.807, 2.05) is 34.2 Å². The molecule has 0 bridgehead atoms. The van der Waals surface area contributed by atoms with Crippen LogP contribution in [0, 0.1) is 0 Å². The number of aromatic nitrogens is 2. The highest BCUT2D eigenvalue weighted by atomic mass is 35.5. The lowest BCUT2D eigenvalue weighted by Gasteiger charge is -1.97. The minimum Gasteiger partial charge on any atom is -0.347 e. The van der Waals surface area contributed by atoms with Crippen LogP contribution in [-0.4, -0.2) is 15.3 Å². The lowest BCUT2D eigenvalue weighted by atomic mass is 10.4. The second-order valence-corrected chi connectivity index (χ2v) is 5.83. The largest absolute Gasteiger partial charge is 0.347 e. The first-order valence-corrected chi connectivity index (χ1v) is 7.59. The minimum atomic E-state index is -0.140. The number of hydrogen-bond acceptors (Lipinski definition) is 3. The number of halogens is 1. The maximum atomic E-state index is 11.7. The molecule has 0 aliphatic rings. The van der Waals surface area contributed by atoms with Crippen LogP contribution in [0.15, 0.2) is 48.1 Å². The van der Waals surface area contributed by atoms with Crippen molar-refractivity contribution in [3.8, 4) is 0 Å². The van der Waals surface area contributed by atoms with Gasteiger partial charge in [-0.1, -0.05) is 17.7 Å². The Kier molecular flexibility index (Phi) is 4.03. The van der Waals surface area contributed by atoms with Gasteiger partial charge in [-0.25, -0.2) is 4.98 Å². The fourth-order valence-electron chi connectivity index (χ4n) is 1.88. The highest BCUT2D eigenvalue weighted by molar-refractivity contribution is 7.10. The van der Waals surface area contributed by atoms with Gasteiger partial charge in [-0.3, -0.25) is 4.79 Å². The van der Waals surface area contributed by atoms with E-state index in [9.17, 15) is 4.79 Å². The van der Waals surface area contributed by atoms with Crippen molar-refractivity contribution in [3.63, 3.8) is 0 Å². The first kappa shape index (κ1) is 13.9. The Hall–Kier alpha value is -2.11. The van der Waals surface area contributed by atoms with Gasteiger partial charge < -0.3 is 9.72 Å². The third-order valence-electron chi connectivity index (χ3n) is 2.85. The number of thiophene rings is 1. The van der Waals surface area contributed by atoms with E-state index >= 15 is 0 Å². The Labute approximate surface area is 130 Å². The zero-order valence-corrected chi connectivity index (χ0v) is 12.6. The third kappa shape index (κ3) is 3.51. The van der Waals surface area contributed by atoms with Gasteiger partial charge in [-0.05, 0) is 29.7 Å². The van der Waals surface area contributed by atoms with E-state index in [2.05, 4.69) is 10.3 Å². The molecule has 0 spiro atoms. The summed E-state index contributed by atoms with van der Waals surface area (Å²) < 4.78 is 1.84. The van der Waals surface area contributed by atoms with Crippen molar-refractivity contribution in [2.75, 3.05) is 0 Å². The van der Waals surface area contributed by atoms with Gasteiger partial charge in [0.05, 0.1) is 17.3 Å². The van der Waals surface area contributed by atoms with Gasteiger partial charge in [-0.2, -0.15) is 0 Å². The molecule has 1 amide bonds. The first-order chi connectivity index (χ1) is 10.2. The minimum absolute atomic E-state index is 0.140. The number of amides is 1. The molecule has 0 aromatic carbocycles. The molecule has 3 aromatic heterocycles. The molecule has 1 N–H and O–H groups in total. The molecule has 3 aromatic rings. The number of fused-ring (bicyclic) bond motifs is 1. The molecule has 0 aliphatic carbocycles. The van der Waals surface area contributed by atoms with E-state index in [4.69, 9.17) is 11.6 Å². The van der Waals surface area contributed by atoms with Crippen LogP contribution in [0.25, 0.3) is 11.7 Å². The Morgan fingerprint density at radius 1 is 1.38 bits per heavy atom. The molecular formula is C15H12ClN3OS. The number of rotatable bonds is 4. The quantitative estimate of drug-likeness (QED) is 0.750. The average molecular weight is 318 g/mol. The van der Waals surface area contributed by atoms with E-state index in [1.54, 1.807) is 29.7 Å². The van der Waals surface area contributed by atoms with E-state index < -0.39 is 0 Å². The molecule has 106 valence electrons. The highest BCUT2D eigenvalue weighted by Crippen LogP contribution is 2.12. The van der Waals surface area contributed by atoms with Gasteiger partial charge in [0.25, 0.3) is 0 Å². The molecule has 0 aliphatic heterocycles. The molecule has 3 heterocycles. The summed E-state index contributed by atoms with van der Waals surface area (Å²) >= 11 is 7.51. The summed E-state index contributed by atoms with van der Waals surface area (Å²) in [5, 5.41) is 5.43. The van der Waals surface area contributed by atoms with Crippen molar-refractivity contribution >= 4 is 40.6 Å². The van der Waals surface area contributed by atoms with E-state index in [0.29, 0.717) is 11.6 Å². The summed E-state index contributed by atoms with van der Waals surface area (Å²) in [6.45, 7) is 0.382. The van der Waals surface area contributed by atoms with Gasteiger partial charge in [0.1, 0.15) is 5.65 Å². The van der Waals surface area contributed by atoms with Crippen LogP contribution in [-0.2, 0) is 11.3 Å². The van der Waals surface area contributed by atoms with Crippen LogP contribution in [0.1, 0.15) is 10.6 Å². The summed E-state index contributed by atoms with van der Waals surface area (Å²) in [5.74, 6) is -0.140. The summed E-state index contributed by atoms with van der Waals surface area (Å²) in [4.78, 5) is 17.2. The smallest absolute Gasteiger partial charge is 0.244 e. The predicted molar refractivity (Wildman–Crippen MR) is 85.4 cm³/mol. The second-order valence-electron chi connectivity index (χ2n) is 4.41. The van der Waals surface area contributed by atoms with Gasteiger partial charge in [0.15, 0.2) is 0 Å². The molecule has 21 heavy (non-hydrogen) atoms. The zero-order chi connectivity index (χ0) is 14.7. The Balaban J connectivity index is 1.62. The molecule has 4 nitrogen and oxygen atoms in total. The summed E-state index contributed by atoms with van der Waals surface area (Å²) in [6, 6.07) is 7.53. The Bertz CT molecular complexity index is 792. The van der Waals surface area contributed by atoms with Crippen molar-refractivity contribution < 1.29 is 4.79 Å². The third-order valence-corrected chi connectivity index (χ3v) is 3.91. The van der Waals surface area contributed by atoms with Crippen LogP contribution in [0.3, 0.4) is 0 Å². The van der Waals surface area contributed by atoms with Crippen molar-refractivity contribution in [1.82, 2.24) is 14.7 Å². The summed E-state index contributed by atoms with van der Waals surface area (Å²) in [5.41, 5.74) is 1.59. The van der Waals surface area contributed by atoms with Crippen LogP contribution < -0.4 is 5.32 Å². The number of nitrogens with one attached hydrogen (secondary N) is 1. The fourth-order valence-corrected chi connectivity index (χ4v) is 2.67. The average Bonchev–Trinajstić information content (AvgIpc) is 3.11. The molecule has 0 atom stereocenters.